The van der Waals surface area contributed by atoms with Gasteiger partial charge in [0.1, 0.15) is 18.0 Å². The van der Waals surface area contributed by atoms with E-state index in [1.807, 2.05) is 6.20 Å². The molecule has 1 atom stereocenters. The van der Waals surface area contributed by atoms with E-state index in [0.29, 0.717) is 12.5 Å². The molecule has 2 N–H and O–H groups in total. The van der Waals surface area contributed by atoms with E-state index in [4.69, 9.17) is 4.98 Å². The Morgan fingerprint density at radius 3 is 2.68 bits per heavy atom. The quantitative estimate of drug-likeness (QED) is 0.463. The Bertz CT molecular complexity index is 1290. The number of fused-ring (bicyclic) bond motifs is 1. The van der Waals surface area contributed by atoms with Crippen LogP contribution in [0.5, 0.6) is 0 Å². The first-order valence-electron chi connectivity index (χ1n) is 12.2. The van der Waals surface area contributed by atoms with E-state index >= 15 is 0 Å². The van der Waals surface area contributed by atoms with Crippen molar-refractivity contribution in [3.8, 4) is 11.3 Å². The summed E-state index contributed by atoms with van der Waals surface area (Å²) in [7, 11) is 0. The molecular weight excluding hydrogens is 424 g/mol. The van der Waals surface area contributed by atoms with Crippen LogP contribution in [0.1, 0.15) is 36.5 Å². The molecule has 0 saturated carbocycles. The summed E-state index contributed by atoms with van der Waals surface area (Å²) in [4.78, 5) is 26.7. The molecular formula is C26H30N8. The summed E-state index contributed by atoms with van der Waals surface area (Å²) >= 11 is 0. The van der Waals surface area contributed by atoms with Crippen molar-refractivity contribution in [2.75, 3.05) is 44.2 Å². The first-order chi connectivity index (χ1) is 16.7. The van der Waals surface area contributed by atoms with Crippen LogP contribution in [0, 0.1) is 0 Å². The summed E-state index contributed by atoms with van der Waals surface area (Å²) < 4.78 is 0. The van der Waals surface area contributed by atoms with Crippen molar-refractivity contribution >= 4 is 16.9 Å². The van der Waals surface area contributed by atoms with E-state index in [1.165, 1.54) is 12.0 Å². The molecule has 3 aromatic heterocycles. The molecule has 0 radical (unpaired) electrons. The zero-order valence-corrected chi connectivity index (χ0v) is 19.5. The van der Waals surface area contributed by atoms with E-state index in [1.54, 1.807) is 6.33 Å². The molecule has 34 heavy (non-hydrogen) atoms. The fourth-order valence-corrected chi connectivity index (χ4v) is 4.83. The van der Waals surface area contributed by atoms with Crippen molar-refractivity contribution in [1.29, 1.82) is 0 Å². The van der Waals surface area contributed by atoms with Gasteiger partial charge in [-0.2, -0.15) is 0 Å². The third kappa shape index (κ3) is 4.26. The number of imidazole rings is 1. The molecule has 1 aromatic carbocycles. The van der Waals surface area contributed by atoms with Crippen LogP contribution in [-0.2, 0) is 6.42 Å². The molecule has 2 aliphatic rings. The molecule has 2 saturated heterocycles. The number of pyridine rings is 1. The van der Waals surface area contributed by atoms with Gasteiger partial charge in [0.25, 0.3) is 0 Å². The number of aromatic amines is 1. The Kier molecular flexibility index (Phi) is 5.68. The fourth-order valence-electron chi connectivity index (χ4n) is 4.83. The number of H-pyrrole nitrogens is 1. The SMILES string of the molecule is CC(c1ccnc(Cc2nc3ccc(-c4cc(N5CCC5)ncn4)cc3[nH]2)c1)N1CCNCC1. The normalized spacial score (nSPS) is 17.6. The van der Waals surface area contributed by atoms with Gasteiger partial charge < -0.3 is 15.2 Å². The summed E-state index contributed by atoms with van der Waals surface area (Å²) in [6, 6.07) is 13.1. The third-order valence-electron chi connectivity index (χ3n) is 7.03. The predicted molar refractivity (Wildman–Crippen MR) is 134 cm³/mol. The molecule has 8 heteroatoms. The molecule has 2 fully saturated rings. The Morgan fingerprint density at radius 2 is 1.85 bits per heavy atom. The minimum atomic E-state index is 0.385. The second-order valence-electron chi connectivity index (χ2n) is 9.24. The van der Waals surface area contributed by atoms with Gasteiger partial charge in [-0.1, -0.05) is 6.07 Å². The average Bonchev–Trinajstić information content (AvgIpc) is 3.25. The van der Waals surface area contributed by atoms with Crippen LogP contribution in [0.4, 0.5) is 5.82 Å². The number of rotatable bonds is 6. The lowest BCUT2D eigenvalue weighted by molar-refractivity contribution is 0.185. The topological polar surface area (TPSA) is 85.9 Å². The number of hydrogen-bond donors (Lipinski definition) is 2. The maximum atomic E-state index is 4.82. The number of anilines is 1. The lowest BCUT2D eigenvalue weighted by Gasteiger charge is -2.33. The van der Waals surface area contributed by atoms with Crippen LogP contribution in [0.15, 0.2) is 48.9 Å². The van der Waals surface area contributed by atoms with Gasteiger partial charge in [-0.25, -0.2) is 15.0 Å². The van der Waals surface area contributed by atoms with Gasteiger partial charge in [-0.3, -0.25) is 9.88 Å². The second-order valence-corrected chi connectivity index (χ2v) is 9.24. The summed E-state index contributed by atoms with van der Waals surface area (Å²) in [5.41, 5.74) is 6.33. The van der Waals surface area contributed by atoms with E-state index < -0.39 is 0 Å². The second kappa shape index (κ2) is 9.12. The number of nitrogens with one attached hydrogen (secondary N) is 2. The summed E-state index contributed by atoms with van der Waals surface area (Å²) in [6.45, 7) is 8.70. The van der Waals surface area contributed by atoms with Gasteiger partial charge in [-0.15, -0.1) is 0 Å². The average molecular weight is 455 g/mol. The predicted octanol–water partition coefficient (Wildman–Crippen LogP) is 3.18. The van der Waals surface area contributed by atoms with Gasteiger partial charge in [0, 0.05) is 75.3 Å². The molecule has 2 aliphatic heterocycles. The lowest BCUT2D eigenvalue weighted by atomic mass is 10.1. The number of nitrogens with zero attached hydrogens (tertiary/aromatic N) is 6. The standard InChI is InChI=1S/C26H30N8/c1-18(33-11-7-27-8-12-33)19-5-6-28-21(13-19)15-25-31-22-4-3-20(14-24(22)32-25)23-16-26(30-17-29-23)34-9-2-10-34/h3-6,13-14,16-18,27H,2,7-12,15H2,1H3,(H,31,32). The van der Waals surface area contributed by atoms with Crippen LogP contribution >= 0.6 is 0 Å². The van der Waals surface area contributed by atoms with E-state index in [-0.39, 0.29) is 0 Å². The van der Waals surface area contributed by atoms with Crippen molar-refractivity contribution < 1.29 is 0 Å². The smallest absolute Gasteiger partial charge is 0.132 e. The van der Waals surface area contributed by atoms with Gasteiger partial charge in [0.2, 0.25) is 0 Å². The molecule has 8 nitrogen and oxygen atoms in total. The van der Waals surface area contributed by atoms with Crippen LogP contribution in [0.3, 0.4) is 0 Å². The van der Waals surface area contributed by atoms with E-state index in [2.05, 4.69) is 78.4 Å². The highest BCUT2D eigenvalue weighted by atomic mass is 15.2. The first-order valence-corrected chi connectivity index (χ1v) is 12.2. The number of hydrogen-bond acceptors (Lipinski definition) is 7. The molecule has 174 valence electrons. The van der Waals surface area contributed by atoms with Crippen molar-refractivity contribution in [3.63, 3.8) is 0 Å². The summed E-state index contributed by atoms with van der Waals surface area (Å²) in [5, 5.41) is 3.43. The van der Waals surface area contributed by atoms with Crippen LogP contribution < -0.4 is 10.2 Å². The largest absolute Gasteiger partial charge is 0.356 e. The van der Waals surface area contributed by atoms with Crippen LogP contribution in [0.2, 0.25) is 0 Å². The van der Waals surface area contributed by atoms with Gasteiger partial charge >= 0.3 is 0 Å². The minimum absolute atomic E-state index is 0.385. The van der Waals surface area contributed by atoms with Crippen LogP contribution in [0.25, 0.3) is 22.3 Å². The summed E-state index contributed by atoms with van der Waals surface area (Å²) in [6.07, 6.45) is 5.49. The van der Waals surface area contributed by atoms with Crippen molar-refractivity contribution in [2.24, 2.45) is 0 Å². The molecule has 0 amide bonds. The summed E-state index contributed by atoms with van der Waals surface area (Å²) in [5.74, 6) is 1.93. The Hall–Kier alpha value is -3.36. The Labute approximate surface area is 199 Å². The minimum Gasteiger partial charge on any atom is -0.356 e. The molecule has 0 bridgehead atoms. The van der Waals surface area contributed by atoms with Gasteiger partial charge in [-0.05, 0) is 43.2 Å². The van der Waals surface area contributed by atoms with E-state index in [9.17, 15) is 0 Å². The molecule has 4 aromatic rings. The highest BCUT2D eigenvalue weighted by Gasteiger charge is 2.19. The number of aromatic nitrogens is 5. The maximum absolute atomic E-state index is 4.82. The maximum Gasteiger partial charge on any atom is 0.132 e. The zero-order chi connectivity index (χ0) is 22.9. The highest BCUT2D eigenvalue weighted by Crippen LogP contribution is 2.26. The molecule has 0 aliphatic carbocycles. The van der Waals surface area contributed by atoms with Gasteiger partial charge in [0.15, 0.2) is 0 Å². The Balaban J connectivity index is 1.21. The third-order valence-corrected chi connectivity index (χ3v) is 7.03. The fraction of sp³-hybridized carbons (Fsp3) is 0.385. The molecule has 0 spiro atoms. The first kappa shape index (κ1) is 21.2. The van der Waals surface area contributed by atoms with E-state index in [0.717, 1.165) is 78.9 Å². The molecule has 5 heterocycles. The lowest BCUT2D eigenvalue weighted by Crippen LogP contribution is -2.44. The van der Waals surface area contributed by atoms with Crippen LogP contribution in [-0.4, -0.2) is 69.1 Å². The monoisotopic (exact) mass is 454 g/mol. The highest BCUT2D eigenvalue weighted by molar-refractivity contribution is 5.81. The molecule has 1 unspecified atom stereocenters. The Morgan fingerprint density at radius 1 is 0.971 bits per heavy atom. The number of piperazine rings is 1. The van der Waals surface area contributed by atoms with Crippen molar-refractivity contribution in [1.82, 2.24) is 35.1 Å². The zero-order valence-electron chi connectivity index (χ0n) is 19.5. The van der Waals surface area contributed by atoms with Gasteiger partial charge in [0.05, 0.1) is 16.7 Å². The molecule has 6 rings (SSSR count). The van der Waals surface area contributed by atoms with Crippen molar-refractivity contribution in [2.45, 2.75) is 25.8 Å². The number of benzene rings is 1. The van der Waals surface area contributed by atoms with Crippen molar-refractivity contribution in [3.05, 3.63) is 66.0 Å².